The second-order valence-corrected chi connectivity index (χ2v) is 10.1. The molecule has 2 aromatic carbocycles. The topological polar surface area (TPSA) is 179 Å². The number of unbranched alkanes of at least 4 members (excludes halogenated alkanes) is 6. The van der Waals surface area contributed by atoms with Crippen LogP contribution in [0, 0.1) is 45.3 Å². The molecule has 0 atom stereocenters. The normalized spacial score (nSPS) is 10.0. The molecule has 1 aromatic heterocycles. The van der Waals surface area contributed by atoms with Crippen molar-refractivity contribution in [2.45, 2.75) is 65.2 Å². The van der Waals surface area contributed by atoms with Crippen molar-refractivity contribution in [3.05, 3.63) is 76.1 Å². The van der Waals surface area contributed by atoms with Crippen molar-refractivity contribution < 1.29 is 28.5 Å². The Labute approximate surface area is 268 Å². The molecule has 234 valence electrons. The number of nitrogens with zero attached hydrogens (tertiary/aromatic N) is 5. The van der Waals surface area contributed by atoms with E-state index >= 15 is 0 Å². The Hall–Kier alpha value is -5.91. The first-order chi connectivity index (χ1) is 22.4. The fourth-order valence-electron chi connectivity index (χ4n) is 4.37. The monoisotopic (exact) mass is 619 g/mol. The Morgan fingerprint density at radius 2 is 0.935 bits per heavy atom. The van der Waals surface area contributed by atoms with Gasteiger partial charge in [0, 0.05) is 0 Å². The Bertz CT molecular complexity index is 1600. The van der Waals surface area contributed by atoms with Gasteiger partial charge in [-0.05, 0) is 49.2 Å². The molecular formula is C35H33N5O6. The number of carbonyl (C=O) groups excluding carboxylic acids is 2. The molecule has 0 N–H and O–H groups in total. The van der Waals surface area contributed by atoms with Gasteiger partial charge in [0.15, 0.2) is 11.5 Å². The smallest absolute Gasteiger partial charge is 0.362 e. The maximum Gasteiger partial charge on any atom is 0.362 e. The number of aromatic nitrogens is 1. The van der Waals surface area contributed by atoms with E-state index in [1.54, 1.807) is 0 Å². The maximum absolute atomic E-state index is 13.0. The number of hydrogen-bond donors (Lipinski definition) is 0. The van der Waals surface area contributed by atoms with Crippen LogP contribution in [0.25, 0.3) is 0 Å². The number of rotatable bonds is 16. The molecule has 1 heterocycles. The average Bonchev–Trinajstić information content (AvgIpc) is 3.08. The minimum absolute atomic E-state index is 0.0634. The third kappa shape index (κ3) is 9.05. The van der Waals surface area contributed by atoms with Crippen LogP contribution >= 0.6 is 0 Å². The van der Waals surface area contributed by atoms with Gasteiger partial charge < -0.3 is 18.9 Å². The van der Waals surface area contributed by atoms with E-state index in [-0.39, 0.29) is 56.6 Å². The van der Waals surface area contributed by atoms with Crippen LogP contribution in [0.1, 0.15) is 108 Å². The second-order valence-electron chi connectivity index (χ2n) is 10.1. The molecule has 3 aromatic rings. The number of ether oxygens (including phenoxy) is 4. The van der Waals surface area contributed by atoms with Gasteiger partial charge in [0.05, 0.1) is 13.2 Å². The number of esters is 2. The molecule has 0 saturated heterocycles. The van der Waals surface area contributed by atoms with Crippen molar-refractivity contribution >= 4 is 11.9 Å². The van der Waals surface area contributed by atoms with Crippen molar-refractivity contribution in [3.63, 3.8) is 0 Å². The predicted molar refractivity (Wildman–Crippen MR) is 165 cm³/mol. The van der Waals surface area contributed by atoms with Gasteiger partial charge in [-0.2, -0.15) is 21.0 Å². The summed E-state index contributed by atoms with van der Waals surface area (Å²) in [6, 6.07) is 17.2. The Balaban J connectivity index is 1.76. The van der Waals surface area contributed by atoms with Gasteiger partial charge in [-0.1, -0.05) is 58.4 Å². The molecule has 0 aliphatic heterocycles. The van der Waals surface area contributed by atoms with Gasteiger partial charge in [0.2, 0.25) is 0 Å². The summed E-state index contributed by atoms with van der Waals surface area (Å²) in [5.74, 6) is -1.91. The molecule has 0 unspecified atom stereocenters. The summed E-state index contributed by atoms with van der Waals surface area (Å²) in [6.07, 6.45) is 7.77. The van der Waals surface area contributed by atoms with Crippen LogP contribution in [-0.4, -0.2) is 30.1 Å². The van der Waals surface area contributed by atoms with Gasteiger partial charge in [0.25, 0.3) is 0 Å². The molecular weight excluding hydrogens is 586 g/mol. The number of pyridine rings is 1. The zero-order valence-corrected chi connectivity index (χ0v) is 25.8. The lowest BCUT2D eigenvalue weighted by molar-refractivity contribution is 0.0721. The lowest BCUT2D eigenvalue weighted by atomic mass is 10.1. The quantitative estimate of drug-likeness (QED) is 0.0922. The Morgan fingerprint density at radius 1 is 0.565 bits per heavy atom. The summed E-state index contributed by atoms with van der Waals surface area (Å²) in [7, 11) is 0. The minimum atomic E-state index is -0.992. The van der Waals surface area contributed by atoms with Crippen LogP contribution in [0.15, 0.2) is 42.5 Å². The molecule has 0 aliphatic rings. The lowest BCUT2D eigenvalue weighted by Gasteiger charge is -2.12. The van der Waals surface area contributed by atoms with Crippen LogP contribution in [0.5, 0.6) is 23.0 Å². The first-order valence-corrected chi connectivity index (χ1v) is 15.0. The minimum Gasteiger partial charge on any atom is -0.492 e. The third-order valence-corrected chi connectivity index (χ3v) is 6.79. The average molecular weight is 620 g/mol. The highest BCUT2D eigenvalue weighted by Gasteiger charge is 2.22. The first-order valence-electron chi connectivity index (χ1n) is 15.0. The van der Waals surface area contributed by atoms with Gasteiger partial charge >= 0.3 is 11.9 Å². The van der Waals surface area contributed by atoms with E-state index in [9.17, 15) is 30.6 Å². The largest absolute Gasteiger partial charge is 0.492 e. The zero-order valence-electron chi connectivity index (χ0n) is 25.8. The highest BCUT2D eigenvalue weighted by atomic mass is 16.5. The highest BCUT2D eigenvalue weighted by molar-refractivity contribution is 5.93. The van der Waals surface area contributed by atoms with Crippen LogP contribution in [-0.2, 0) is 0 Å². The van der Waals surface area contributed by atoms with Crippen LogP contribution in [0.2, 0.25) is 0 Å². The fraction of sp³-hybridized carbons (Fsp3) is 0.343. The number of nitriles is 4. The third-order valence-electron chi connectivity index (χ3n) is 6.79. The van der Waals surface area contributed by atoms with Crippen LogP contribution in [0.4, 0.5) is 0 Å². The fourth-order valence-corrected chi connectivity index (χ4v) is 4.37. The van der Waals surface area contributed by atoms with Gasteiger partial charge in [0.1, 0.15) is 69.4 Å². The van der Waals surface area contributed by atoms with Gasteiger partial charge in [-0.3, -0.25) is 0 Å². The van der Waals surface area contributed by atoms with E-state index in [4.69, 9.17) is 18.9 Å². The highest BCUT2D eigenvalue weighted by Crippen LogP contribution is 2.32. The van der Waals surface area contributed by atoms with Crippen molar-refractivity contribution in [3.8, 4) is 47.3 Å². The van der Waals surface area contributed by atoms with Crippen molar-refractivity contribution in [1.82, 2.24) is 4.98 Å². The van der Waals surface area contributed by atoms with Crippen molar-refractivity contribution in [2.24, 2.45) is 0 Å². The zero-order chi connectivity index (χ0) is 33.3. The molecule has 0 fully saturated rings. The van der Waals surface area contributed by atoms with E-state index in [1.807, 2.05) is 24.3 Å². The molecule has 3 rings (SSSR count). The molecule has 0 spiro atoms. The predicted octanol–water partition coefficient (Wildman–Crippen LogP) is 6.92. The molecule has 0 radical (unpaired) electrons. The summed E-state index contributed by atoms with van der Waals surface area (Å²) in [5, 5.41) is 38.8. The van der Waals surface area contributed by atoms with E-state index in [0.29, 0.717) is 13.2 Å². The molecule has 46 heavy (non-hydrogen) atoms. The Morgan fingerprint density at radius 3 is 1.30 bits per heavy atom. The van der Waals surface area contributed by atoms with E-state index in [1.165, 1.54) is 42.5 Å². The summed E-state index contributed by atoms with van der Waals surface area (Å²) in [5.41, 5.74) is -1.04. The summed E-state index contributed by atoms with van der Waals surface area (Å²) < 4.78 is 22.2. The summed E-state index contributed by atoms with van der Waals surface area (Å²) in [4.78, 5) is 30.0. The maximum atomic E-state index is 13.0. The van der Waals surface area contributed by atoms with Gasteiger partial charge in [-0.25, -0.2) is 14.6 Å². The van der Waals surface area contributed by atoms with Crippen molar-refractivity contribution in [2.75, 3.05) is 13.2 Å². The van der Waals surface area contributed by atoms with E-state index in [0.717, 1.165) is 51.4 Å². The van der Waals surface area contributed by atoms with E-state index < -0.39 is 11.9 Å². The van der Waals surface area contributed by atoms with Gasteiger partial charge in [-0.15, -0.1) is 0 Å². The molecule has 11 heteroatoms. The number of hydrogen-bond acceptors (Lipinski definition) is 11. The van der Waals surface area contributed by atoms with E-state index in [2.05, 4.69) is 18.8 Å². The molecule has 0 amide bonds. The molecule has 11 nitrogen and oxygen atoms in total. The molecule has 0 bridgehead atoms. The second kappa shape index (κ2) is 18.0. The lowest BCUT2D eigenvalue weighted by Crippen LogP contribution is -2.17. The number of benzene rings is 2. The van der Waals surface area contributed by atoms with Crippen LogP contribution < -0.4 is 18.9 Å². The summed E-state index contributed by atoms with van der Waals surface area (Å²) in [6.45, 7) is 4.93. The molecule has 0 aliphatic carbocycles. The first kappa shape index (κ1) is 34.6. The Kier molecular flexibility index (Phi) is 13.6. The van der Waals surface area contributed by atoms with Crippen molar-refractivity contribution in [1.29, 1.82) is 21.0 Å². The van der Waals surface area contributed by atoms with Crippen LogP contribution in [0.3, 0.4) is 0 Å². The molecule has 0 saturated carbocycles. The summed E-state index contributed by atoms with van der Waals surface area (Å²) >= 11 is 0. The SMILES string of the molecule is CCCCCCOc1ccc(OC(=O)c2cccc(C(=O)Oc3ccc(OCCCCCC)c(C#N)c3C#N)n2)c(C#N)c1C#N. The standard InChI is InChI=1S/C35H33N5O6/c1-3-5-7-9-18-43-30-14-16-32(26(22-38)24(30)20-36)45-34(41)28-12-11-13-29(40-28)35(42)46-33-17-15-31(25(21-37)27(33)23-39)44-19-10-8-6-4-2/h11-17H,3-10,18-19H2,1-2H3. The number of carbonyl (C=O) groups is 2.